The fraction of sp³-hybridized carbons (Fsp3) is 0.500. The van der Waals surface area contributed by atoms with Gasteiger partial charge in [0.1, 0.15) is 0 Å². The SMILES string of the molecule is CCO[C@H]1C[C@H](N(C)C(=O)c2ccc(-c3ccsc3)nc2C)C1(C)C. The van der Waals surface area contributed by atoms with E-state index in [2.05, 4.69) is 24.2 Å². The summed E-state index contributed by atoms with van der Waals surface area (Å²) >= 11 is 1.65. The zero-order valence-electron chi connectivity index (χ0n) is 15.6. The number of pyridine rings is 1. The Kier molecular flexibility index (Phi) is 4.98. The van der Waals surface area contributed by atoms with Crippen LogP contribution >= 0.6 is 11.3 Å². The lowest BCUT2D eigenvalue weighted by Gasteiger charge is -2.54. The maximum absolute atomic E-state index is 13.0. The van der Waals surface area contributed by atoms with E-state index in [9.17, 15) is 4.79 Å². The molecule has 1 saturated carbocycles. The van der Waals surface area contributed by atoms with Gasteiger partial charge in [0, 0.05) is 36.1 Å². The Morgan fingerprint density at radius 2 is 2.16 bits per heavy atom. The van der Waals surface area contributed by atoms with Gasteiger partial charge in [0.25, 0.3) is 5.91 Å². The van der Waals surface area contributed by atoms with Gasteiger partial charge in [-0.2, -0.15) is 11.3 Å². The minimum Gasteiger partial charge on any atom is -0.378 e. The standard InChI is InChI=1S/C20H26N2O2S/c1-6-24-18-11-17(20(18,3)4)22(5)19(23)15-7-8-16(21-13(15)2)14-9-10-25-12-14/h7-10,12,17-18H,6,11H2,1-5H3/t17-,18-/m0/s1. The highest BCUT2D eigenvalue weighted by molar-refractivity contribution is 7.08. The zero-order valence-corrected chi connectivity index (χ0v) is 16.4. The molecule has 2 atom stereocenters. The molecular formula is C20H26N2O2S. The number of nitrogens with zero attached hydrogens (tertiary/aromatic N) is 2. The smallest absolute Gasteiger partial charge is 0.255 e. The molecule has 0 aromatic carbocycles. The quantitative estimate of drug-likeness (QED) is 0.796. The van der Waals surface area contributed by atoms with Gasteiger partial charge >= 0.3 is 0 Å². The van der Waals surface area contributed by atoms with Gasteiger partial charge in [0.15, 0.2) is 0 Å². The average Bonchev–Trinajstić information content (AvgIpc) is 3.11. The van der Waals surface area contributed by atoms with Crippen molar-refractivity contribution in [1.29, 1.82) is 0 Å². The normalized spacial score (nSPS) is 21.6. The van der Waals surface area contributed by atoms with Gasteiger partial charge < -0.3 is 9.64 Å². The summed E-state index contributed by atoms with van der Waals surface area (Å²) in [5.74, 6) is 0.0369. The number of ether oxygens (including phenoxy) is 1. The maximum Gasteiger partial charge on any atom is 0.255 e. The van der Waals surface area contributed by atoms with E-state index in [-0.39, 0.29) is 23.5 Å². The highest BCUT2D eigenvalue weighted by atomic mass is 32.1. The number of hydrogen-bond acceptors (Lipinski definition) is 4. The number of amides is 1. The fourth-order valence-corrected chi connectivity index (χ4v) is 4.34. The Morgan fingerprint density at radius 1 is 1.40 bits per heavy atom. The third kappa shape index (κ3) is 3.23. The topological polar surface area (TPSA) is 42.4 Å². The van der Waals surface area contributed by atoms with Gasteiger partial charge in [0.05, 0.1) is 23.1 Å². The number of carbonyl (C=O) groups is 1. The lowest BCUT2D eigenvalue weighted by Crippen LogP contribution is -2.62. The molecule has 0 saturated heterocycles. The van der Waals surface area contributed by atoms with Crippen molar-refractivity contribution in [3.05, 3.63) is 40.2 Å². The van der Waals surface area contributed by atoms with Crippen LogP contribution in [0.3, 0.4) is 0 Å². The zero-order chi connectivity index (χ0) is 18.2. The molecule has 2 heterocycles. The van der Waals surface area contributed by atoms with Crippen molar-refractivity contribution in [3.8, 4) is 11.3 Å². The van der Waals surface area contributed by atoms with Crippen LogP contribution in [-0.4, -0.2) is 41.6 Å². The second-order valence-electron chi connectivity index (χ2n) is 7.27. The number of aromatic nitrogens is 1. The first-order valence-electron chi connectivity index (χ1n) is 8.75. The van der Waals surface area contributed by atoms with Crippen molar-refractivity contribution in [1.82, 2.24) is 9.88 Å². The molecule has 0 radical (unpaired) electrons. The summed E-state index contributed by atoms with van der Waals surface area (Å²) in [6.07, 6.45) is 1.11. The number of aryl methyl sites for hydroxylation is 1. The Hall–Kier alpha value is -1.72. The van der Waals surface area contributed by atoms with Crippen LogP contribution in [0.4, 0.5) is 0 Å². The second kappa shape index (κ2) is 6.89. The third-order valence-electron chi connectivity index (χ3n) is 5.41. The molecule has 1 amide bonds. The molecule has 1 fully saturated rings. The van der Waals surface area contributed by atoms with E-state index < -0.39 is 0 Å². The molecule has 3 rings (SSSR count). The molecular weight excluding hydrogens is 332 g/mol. The Labute approximate surface area is 153 Å². The van der Waals surface area contributed by atoms with Gasteiger partial charge in [-0.3, -0.25) is 9.78 Å². The molecule has 2 aromatic rings. The minimum atomic E-state index is -0.0294. The van der Waals surface area contributed by atoms with Crippen LogP contribution in [0.2, 0.25) is 0 Å². The molecule has 0 spiro atoms. The number of hydrogen-bond donors (Lipinski definition) is 0. The third-order valence-corrected chi connectivity index (χ3v) is 6.10. The lowest BCUT2D eigenvalue weighted by molar-refractivity contribution is -0.136. The molecule has 4 nitrogen and oxygen atoms in total. The van der Waals surface area contributed by atoms with E-state index in [0.717, 1.165) is 23.4 Å². The van der Waals surface area contributed by atoms with E-state index in [1.54, 1.807) is 11.3 Å². The van der Waals surface area contributed by atoms with Crippen molar-refractivity contribution in [3.63, 3.8) is 0 Å². The van der Waals surface area contributed by atoms with E-state index in [1.807, 2.05) is 49.4 Å². The number of carbonyl (C=O) groups excluding carboxylic acids is 1. The second-order valence-corrected chi connectivity index (χ2v) is 8.05. The summed E-state index contributed by atoms with van der Waals surface area (Å²) in [5.41, 5.74) is 3.44. The van der Waals surface area contributed by atoms with Crippen LogP contribution in [0, 0.1) is 12.3 Å². The summed E-state index contributed by atoms with van der Waals surface area (Å²) in [7, 11) is 1.89. The summed E-state index contributed by atoms with van der Waals surface area (Å²) in [5, 5.41) is 4.10. The molecule has 0 unspecified atom stereocenters. The molecule has 1 aliphatic rings. The summed E-state index contributed by atoms with van der Waals surface area (Å²) in [6.45, 7) is 8.99. The minimum absolute atomic E-state index is 0.0294. The largest absolute Gasteiger partial charge is 0.378 e. The van der Waals surface area contributed by atoms with Crippen molar-refractivity contribution in [2.24, 2.45) is 5.41 Å². The van der Waals surface area contributed by atoms with Crippen LogP contribution in [0.1, 0.15) is 43.2 Å². The van der Waals surface area contributed by atoms with Crippen LogP contribution in [0.5, 0.6) is 0 Å². The first kappa shape index (κ1) is 18.1. The summed E-state index contributed by atoms with van der Waals surface area (Å²) < 4.78 is 5.79. The van der Waals surface area contributed by atoms with Gasteiger partial charge in [0.2, 0.25) is 0 Å². The predicted molar refractivity (Wildman–Crippen MR) is 102 cm³/mol. The average molecular weight is 359 g/mol. The van der Waals surface area contributed by atoms with E-state index >= 15 is 0 Å². The monoisotopic (exact) mass is 358 g/mol. The first-order chi connectivity index (χ1) is 11.9. The summed E-state index contributed by atoms with van der Waals surface area (Å²) in [6, 6.07) is 6.07. The molecule has 25 heavy (non-hydrogen) atoms. The molecule has 134 valence electrons. The van der Waals surface area contributed by atoms with Crippen molar-refractivity contribution in [2.45, 2.75) is 46.3 Å². The highest BCUT2D eigenvalue weighted by Crippen LogP contribution is 2.45. The molecule has 0 N–H and O–H groups in total. The highest BCUT2D eigenvalue weighted by Gasteiger charge is 2.51. The molecule has 0 bridgehead atoms. The molecule has 0 aliphatic heterocycles. The predicted octanol–water partition coefficient (Wildman–Crippen LogP) is 4.39. The van der Waals surface area contributed by atoms with Crippen LogP contribution in [0.25, 0.3) is 11.3 Å². The first-order valence-corrected chi connectivity index (χ1v) is 9.69. The van der Waals surface area contributed by atoms with Crippen LogP contribution in [-0.2, 0) is 4.74 Å². The fourth-order valence-electron chi connectivity index (χ4n) is 3.70. The van der Waals surface area contributed by atoms with Crippen molar-refractivity contribution in [2.75, 3.05) is 13.7 Å². The van der Waals surface area contributed by atoms with Crippen LogP contribution < -0.4 is 0 Å². The van der Waals surface area contributed by atoms with E-state index in [0.29, 0.717) is 12.2 Å². The van der Waals surface area contributed by atoms with Crippen molar-refractivity contribution >= 4 is 17.2 Å². The van der Waals surface area contributed by atoms with Gasteiger partial charge in [-0.1, -0.05) is 13.8 Å². The Balaban J connectivity index is 1.77. The van der Waals surface area contributed by atoms with E-state index in [4.69, 9.17) is 4.74 Å². The van der Waals surface area contributed by atoms with Crippen LogP contribution in [0.15, 0.2) is 29.0 Å². The van der Waals surface area contributed by atoms with E-state index in [1.165, 1.54) is 0 Å². The number of thiophene rings is 1. The molecule has 2 aromatic heterocycles. The van der Waals surface area contributed by atoms with Crippen molar-refractivity contribution < 1.29 is 9.53 Å². The lowest BCUT2D eigenvalue weighted by atomic mass is 9.63. The molecule has 1 aliphatic carbocycles. The van der Waals surface area contributed by atoms with Gasteiger partial charge in [-0.25, -0.2) is 0 Å². The molecule has 5 heteroatoms. The maximum atomic E-state index is 13.0. The number of rotatable bonds is 5. The summed E-state index contributed by atoms with van der Waals surface area (Å²) in [4.78, 5) is 19.5. The Bertz CT molecular complexity index is 755. The van der Waals surface area contributed by atoms with Gasteiger partial charge in [-0.05, 0) is 43.8 Å². The Morgan fingerprint density at radius 3 is 2.72 bits per heavy atom. The van der Waals surface area contributed by atoms with Gasteiger partial charge in [-0.15, -0.1) is 0 Å².